The molecule has 1 aromatic carbocycles. The Morgan fingerprint density at radius 2 is 2.04 bits per heavy atom. The molecule has 0 saturated carbocycles. The van der Waals surface area contributed by atoms with Crippen molar-refractivity contribution in [1.29, 1.82) is 0 Å². The van der Waals surface area contributed by atoms with Crippen molar-refractivity contribution >= 4 is 39.0 Å². The molecule has 1 aliphatic heterocycles. The monoisotopic (exact) mass is 430 g/mol. The molecule has 1 amide bonds. The van der Waals surface area contributed by atoms with Gasteiger partial charge in [0.2, 0.25) is 0 Å². The molecule has 5 nitrogen and oxygen atoms in total. The van der Waals surface area contributed by atoms with Crippen molar-refractivity contribution in [3.63, 3.8) is 0 Å². The highest BCUT2D eigenvalue weighted by Gasteiger charge is 2.23. The van der Waals surface area contributed by atoms with Gasteiger partial charge in [-0.1, -0.05) is 18.2 Å². The second kappa shape index (κ2) is 7.63. The first-order chi connectivity index (χ1) is 12.7. The Kier molecular flexibility index (Phi) is 5.08. The normalized spacial score (nSPS) is 15.2. The number of aromatic amines is 1. The topological polar surface area (TPSA) is 61.0 Å². The number of hydrogen-bond donors (Lipinski definition) is 2. The Balaban J connectivity index is 1.34. The van der Waals surface area contributed by atoms with Crippen molar-refractivity contribution in [1.82, 2.24) is 15.5 Å². The molecule has 1 aliphatic rings. The molecule has 2 aromatic heterocycles. The van der Waals surface area contributed by atoms with Crippen LogP contribution in [-0.2, 0) is 0 Å². The summed E-state index contributed by atoms with van der Waals surface area (Å²) >= 11 is 5.14. The van der Waals surface area contributed by atoms with Gasteiger partial charge in [0.05, 0.1) is 16.1 Å². The Morgan fingerprint density at radius 3 is 2.77 bits per heavy atom. The predicted octanol–water partition coefficient (Wildman–Crippen LogP) is 4.30. The molecular weight excluding hydrogens is 412 g/mol. The summed E-state index contributed by atoms with van der Waals surface area (Å²) in [7, 11) is 0. The molecule has 1 fully saturated rings. The molecule has 0 unspecified atom stereocenters. The number of hydrogen-bond acceptors (Lipinski definition) is 4. The molecule has 3 aromatic rings. The first-order valence-electron chi connectivity index (χ1n) is 8.60. The molecule has 1 saturated heterocycles. The highest BCUT2D eigenvalue weighted by molar-refractivity contribution is 9.10. The van der Waals surface area contributed by atoms with Gasteiger partial charge >= 0.3 is 0 Å². The third-order valence-corrected chi connectivity index (χ3v) is 6.22. The summed E-state index contributed by atoms with van der Waals surface area (Å²) in [5, 5.41) is 12.8. The number of carbonyl (C=O) groups is 1. The molecule has 0 aliphatic carbocycles. The van der Waals surface area contributed by atoms with Crippen LogP contribution in [0.15, 0.2) is 52.3 Å². The highest BCUT2D eigenvalue weighted by Crippen LogP contribution is 2.27. The molecule has 3 heterocycles. The van der Waals surface area contributed by atoms with E-state index in [1.807, 2.05) is 30.3 Å². The number of H-pyrrole nitrogens is 1. The van der Waals surface area contributed by atoms with Crippen molar-refractivity contribution in [2.24, 2.45) is 0 Å². The van der Waals surface area contributed by atoms with Gasteiger partial charge in [0, 0.05) is 29.7 Å². The first-order valence-corrected chi connectivity index (χ1v) is 10.3. The van der Waals surface area contributed by atoms with Crippen molar-refractivity contribution in [2.45, 2.75) is 18.9 Å². The summed E-state index contributed by atoms with van der Waals surface area (Å²) in [5.41, 5.74) is 1.74. The van der Waals surface area contributed by atoms with E-state index >= 15 is 0 Å². The highest BCUT2D eigenvalue weighted by atomic mass is 79.9. The summed E-state index contributed by atoms with van der Waals surface area (Å²) < 4.78 is 0.826. The van der Waals surface area contributed by atoms with Gasteiger partial charge in [-0.2, -0.15) is 5.10 Å². The SMILES string of the molecule is O=C(NC1CCN(c2cc(-c3cccs3)[nH]n2)CC1)c1ccccc1Br. The minimum Gasteiger partial charge on any atom is -0.355 e. The lowest BCUT2D eigenvalue weighted by atomic mass is 10.0. The van der Waals surface area contributed by atoms with Gasteiger partial charge in [0.25, 0.3) is 5.91 Å². The minimum absolute atomic E-state index is 0.0179. The third kappa shape index (κ3) is 3.68. The zero-order valence-corrected chi connectivity index (χ0v) is 16.5. The van der Waals surface area contributed by atoms with Gasteiger partial charge in [0.15, 0.2) is 5.82 Å². The lowest BCUT2D eigenvalue weighted by Gasteiger charge is -2.32. The minimum atomic E-state index is -0.0179. The zero-order chi connectivity index (χ0) is 17.9. The summed E-state index contributed by atoms with van der Waals surface area (Å²) in [4.78, 5) is 15.9. The van der Waals surface area contributed by atoms with Crippen LogP contribution < -0.4 is 10.2 Å². The van der Waals surface area contributed by atoms with E-state index in [1.54, 1.807) is 11.3 Å². The van der Waals surface area contributed by atoms with E-state index in [0.717, 1.165) is 41.9 Å². The number of halogens is 1. The molecule has 134 valence electrons. The van der Waals surface area contributed by atoms with Crippen LogP contribution >= 0.6 is 27.3 Å². The zero-order valence-electron chi connectivity index (χ0n) is 14.1. The quantitative estimate of drug-likeness (QED) is 0.648. The average molecular weight is 431 g/mol. The summed E-state index contributed by atoms with van der Waals surface area (Å²) in [6.45, 7) is 1.77. The Bertz CT molecular complexity index is 885. The van der Waals surface area contributed by atoms with Crippen LogP contribution in [0, 0.1) is 0 Å². The van der Waals surface area contributed by atoms with E-state index < -0.39 is 0 Å². The predicted molar refractivity (Wildman–Crippen MR) is 109 cm³/mol. The maximum Gasteiger partial charge on any atom is 0.252 e. The number of carbonyl (C=O) groups excluding carboxylic acids is 1. The van der Waals surface area contributed by atoms with Crippen LogP contribution in [0.4, 0.5) is 5.82 Å². The van der Waals surface area contributed by atoms with E-state index in [1.165, 1.54) is 4.88 Å². The largest absolute Gasteiger partial charge is 0.355 e. The Hall–Kier alpha value is -2.12. The molecular formula is C19H19BrN4OS. The maximum absolute atomic E-state index is 12.4. The van der Waals surface area contributed by atoms with Crippen LogP contribution in [-0.4, -0.2) is 35.2 Å². The maximum atomic E-state index is 12.4. The number of nitrogens with one attached hydrogen (secondary N) is 2. The fraction of sp³-hybridized carbons (Fsp3) is 0.263. The standard InChI is InChI=1S/C19H19BrN4OS/c20-15-5-2-1-4-14(15)19(25)21-13-7-9-24(10-8-13)18-12-16(22-23-18)17-6-3-11-26-17/h1-6,11-13H,7-10H2,(H,21,25)(H,22,23). The number of aromatic nitrogens is 2. The lowest BCUT2D eigenvalue weighted by Crippen LogP contribution is -2.44. The van der Waals surface area contributed by atoms with Crippen LogP contribution in [0.25, 0.3) is 10.6 Å². The number of benzene rings is 1. The summed E-state index contributed by atoms with van der Waals surface area (Å²) in [6.07, 6.45) is 1.83. The molecule has 0 atom stereocenters. The Morgan fingerprint density at radius 1 is 1.23 bits per heavy atom. The van der Waals surface area contributed by atoms with Gasteiger partial charge in [-0.3, -0.25) is 9.89 Å². The van der Waals surface area contributed by atoms with E-state index in [0.29, 0.717) is 5.56 Å². The van der Waals surface area contributed by atoms with Crippen molar-refractivity contribution in [3.05, 3.63) is 57.9 Å². The number of piperidine rings is 1. The lowest BCUT2D eigenvalue weighted by molar-refractivity contribution is 0.0930. The van der Waals surface area contributed by atoms with Crippen LogP contribution in [0.1, 0.15) is 23.2 Å². The van der Waals surface area contributed by atoms with Gasteiger partial charge < -0.3 is 10.2 Å². The molecule has 0 bridgehead atoms. The van der Waals surface area contributed by atoms with Crippen LogP contribution in [0.5, 0.6) is 0 Å². The fourth-order valence-electron chi connectivity index (χ4n) is 3.19. The van der Waals surface area contributed by atoms with Crippen molar-refractivity contribution in [3.8, 4) is 10.6 Å². The van der Waals surface area contributed by atoms with Gasteiger partial charge in [-0.15, -0.1) is 11.3 Å². The molecule has 2 N–H and O–H groups in total. The smallest absolute Gasteiger partial charge is 0.252 e. The van der Waals surface area contributed by atoms with Gasteiger partial charge in [-0.25, -0.2) is 0 Å². The number of anilines is 1. The third-order valence-electron chi connectivity index (χ3n) is 4.62. The fourth-order valence-corrected chi connectivity index (χ4v) is 4.35. The molecule has 0 radical (unpaired) electrons. The second-order valence-corrected chi connectivity index (χ2v) is 8.13. The van der Waals surface area contributed by atoms with Gasteiger partial charge in [-0.05, 0) is 52.4 Å². The van der Waals surface area contributed by atoms with E-state index in [9.17, 15) is 4.79 Å². The molecule has 26 heavy (non-hydrogen) atoms. The molecule has 4 rings (SSSR count). The molecule has 7 heteroatoms. The van der Waals surface area contributed by atoms with Crippen LogP contribution in [0.3, 0.4) is 0 Å². The number of rotatable bonds is 4. The van der Waals surface area contributed by atoms with E-state index in [2.05, 4.69) is 53.9 Å². The number of nitrogens with zero attached hydrogens (tertiary/aromatic N) is 2. The number of amides is 1. The van der Waals surface area contributed by atoms with Crippen LogP contribution in [0.2, 0.25) is 0 Å². The average Bonchev–Trinajstić information content (AvgIpc) is 3.34. The van der Waals surface area contributed by atoms with Gasteiger partial charge in [0.1, 0.15) is 0 Å². The van der Waals surface area contributed by atoms with E-state index in [-0.39, 0.29) is 11.9 Å². The molecule has 0 spiro atoms. The second-order valence-electron chi connectivity index (χ2n) is 6.33. The summed E-state index contributed by atoms with van der Waals surface area (Å²) in [5.74, 6) is 0.958. The van der Waals surface area contributed by atoms with Crippen molar-refractivity contribution in [2.75, 3.05) is 18.0 Å². The van der Waals surface area contributed by atoms with E-state index in [4.69, 9.17) is 0 Å². The van der Waals surface area contributed by atoms with Crippen molar-refractivity contribution < 1.29 is 4.79 Å². The first kappa shape index (κ1) is 17.3. The number of thiophene rings is 1. The summed E-state index contributed by atoms with van der Waals surface area (Å²) in [6, 6.07) is 13.9. The Labute approximate surface area is 164 Å².